The Morgan fingerprint density at radius 3 is 2.45 bits per heavy atom. The maximum atomic E-state index is 11.9. The highest BCUT2D eigenvalue weighted by Gasteiger charge is 2.22. The summed E-state index contributed by atoms with van der Waals surface area (Å²) < 4.78 is 24.9. The maximum Gasteiger partial charge on any atom is 0.259 e. The molecule has 6 nitrogen and oxygen atoms in total. The molecule has 108 valence electrons. The lowest BCUT2D eigenvalue weighted by Gasteiger charge is -2.10. The second kappa shape index (κ2) is 5.53. The molecule has 1 unspecified atom stereocenters. The van der Waals surface area contributed by atoms with Crippen LogP contribution >= 0.6 is 11.6 Å². The normalized spacial score (nSPS) is 13.7. The summed E-state index contributed by atoms with van der Waals surface area (Å²) in [7, 11) is -0.751. The predicted molar refractivity (Wildman–Crippen MR) is 75.0 cm³/mol. The van der Waals surface area contributed by atoms with Crippen molar-refractivity contribution in [2.24, 2.45) is 0 Å². The molecule has 0 saturated carbocycles. The fourth-order valence-electron chi connectivity index (χ4n) is 1.59. The van der Waals surface area contributed by atoms with Crippen molar-refractivity contribution in [3.63, 3.8) is 0 Å². The number of hydrogen-bond donors (Lipinski definition) is 2. The summed E-state index contributed by atoms with van der Waals surface area (Å²) in [5, 5.41) is 10.6. The third-order valence-electron chi connectivity index (χ3n) is 2.78. The van der Waals surface area contributed by atoms with Crippen LogP contribution < -0.4 is 0 Å². The molecule has 2 aromatic rings. The van der Waals surface area contributed by atoms with Gasteiger partial charge in [0.2, 0.25) is 0 Å². The summed E-state index contributed by atoms with van der Waals surface area (Å²) in [5.74, 6) is 0.160. The molecule has 0 fully saturated rings. The first kappa shape index (κ1) is 15.0. The van der Waals surface area contributed by atoms with Gasteiger partial charge in [0, 0.05) is 19.1 Å². The lowest BCUT2D eigenvalue weighted by Crippen LogP contribution is -2.22. The first-order chi connectivity index (χ1) is 9.32. The summed E-state index contributed by atoms with van der Waals surface area (Å²) in [4.78, 5) is 6.54. The Morgan fingerprint density at radius 1 is 1.30 bits per heavy atom. The van der Waals surface area contributed by atoms with Crippen LogP contribution in [-0.4, -0.2) is 41.9 Å². The van der Waals surface area contributed by atoms with Crippen LogP contribution in [0, 0.1) is 0 Å². The fourth-order valence-corrected chi connectivity index (χ4v) is 2.53. The quantitative estimate of drug-likeness (QED) is 0.893. The molecule has 8 heteroatoms. The summed E-state index contributed by atoms with van der Waals surface area (Å²) in [6.07, 6.45) is 0.141. The number of halogens is 1. The van der Waals surface area contributed by atoms with Crippen molar-refractivity contribution >= 4 is 21.6 Å². The number of aromatic nitrogens is 2. The molecule has 1 aromatic heterocycles. The molecule has 0 aliphatic rings. The van der Waals surface area contributed by atoms with E-state index in [1.165, 1.54) is 20.3 Å². The zero-order valence-electron chi connectivity index (χ0n) is 10.9. The Morgan fingerprint density at radius 2 is 1.90 bits per heavy atom. The summed E-state index contributed by atoms with van der Waals surface area (Å²) >= 11 is 5.77. The Labute approximate surface area is 122 Å². The second-order valence-corrected chi connectivity index (χ2v) is 6.93. The zero-order chi connectivity index (χ0) is 14.9. The molecule has 20 heavy (non-hydrogen) atoms. The minimum absolute atomic E-state index is 0.0643. The van der Waals surface area contributed by atoms with Gasteiger partial charge in [-0.05, 0) is 17.7 Å². The molecule has 0 aliphatic heterocycles. The lowest BCUT2D eigenvalue weighted by molar-refractivity contribution is 0.210. The monoisotopic (exact) mass is 315 g/mol. The van der Waals surface area contributed by atoms with Crippen LogP contribution in [-0.2, 0) is 10.0 Å². The van der Waals surface area contributed by atoms with Crippen molar-refractivity contribution in [1.29, 1.82) is 0 Å². The van der Waals surface area contributed by atoms with Gasteiger partial charge in [0.25, 0.3) is 10.0 Å². The van der Waals surface area contributed by atoms with Crippen molar-refractivity contribution in [1.82, 2.24) is 14.3 Å². The van der Waals surface area contributed by atoms with Gasteiger partial charge in [-0.3, -0.25) is 0 Å². The molecule has 0 bridgehead atoms. The maximum absolute atomic E-state index is 11.9. The van der Waals surface area contributed by atoms with Gasteiger partial charge in [0.1, 0.15) is 11.9 Å². The molecule has 0 radical (unpaired) electrons. The number of aromatic amines is 1. The number of aliphatic hydroxyl groups is 1. The molecular weight excluding hydrogens is 302 g/mol. The van der Waals surface area contributed by atoms with Crippen molar-refractivity contribution in [3.8, 4) is 0 Å². The van der Waals surface area contributed by atoms with Crippen LogP contribution in [0.25, 0.3) is 0 Å². The van der Waals surface area contributed by atoms with Crippen molar-refractivity contribution in [2.75, 3.05) is 14.1 Å². The van der Waals surface area contributed by atoms with E-state index in [-0.39, 0.29) is 10.9 Å². The largest absolute Gasteiger partial charge is 0.380 e. The van der Waals surface area contributed by atoms with Crippen molar-refractivity contribution in [3.05, 3.63) is 46.9 Å². The number of nitrogens with zero attached hydrogens (tertiary/aromatic N) is 2. The highest BCUT2D eigenvalue weighted by atomic mass is 35.5. The van der Waals surface area contributed by atoms with E-state index in [2.05, 4.69) is 9.97 Å². The molecule has 0 amide bonds. The molecule has 1 aromatic carbocycles. The molecule has 1 atom stereocenters. The first-order valence-electron chi connectivity index (χ1n) is 5.73. The topological polar surface area (TPSA) is 86.3 Å². The van der Waals surface area contributed by atoms with E-state index in [0.717, 1.165) is 4.31 Å². The highest BCUT2D eigenvalue weighted by molar-refractivity contribution is 7.89. The fraction of sp³-hybridized carbons (Fsp3) is 0.250. The zero-order valence-corrected chi connectivity index (χ0v) is 12.5. The van der Waals surface area contributed by atoms with E-state index >= 15 is 0 Å². The molecular formula is C12H14ClN3O3S. The molecule has 0 saturated heterocycles. The van der Waals surface area contributed by atoms with Crippen molar-refractivity contribution in [2.45, 2.75) is 11.1 Å². The molecule has 2 N–H and O–H groups in total. The second-order valence-electron chi connectivity index (χ2n) is 4.37. The standard InChI is InChI=1S/C12H14ClN3O3S/c1-16(2)20(18,19)10-7-14-12(15-10)11(17)8-3-5-9(13)6-4-8/h3-7,11,17H,1-2H3,(H,14,15). The number of aliphatic hydroxyl groups excluding tert-OH is 1. The Hall–Kier alpha value is -1.41. The van der Waals surface area contributed by atoms with Crippen LogP contribution in [0.2, 0.25) is 5.02 Å². The van der Waals surface area contributed by atoms with Gasteiger partial charge in [-0.1, -0.05) is 23.7 Å². The van der Waals surface area contributed by atoms with Crippen LogP contribution in [0.5, 0.6) is 0 Å². The van der Waals surface area contributed by atoms with Gasteiger partial charge in [-0.2, -0.15) is 0 Å². The van der Waals surface area contributed by atoms with E-state index in [4.69, 9.17) is 11.6 Å². The Balaban J connectivity index is 2.31. The average Bonchev–Trinajstić information content (AvgIpc) is 2.88. The average molecular weight is 316 g/mol. The Kier molecular flexibility index (Phi) is 4.14. The van der Waals surface area contributed by atoms with Gasteiger partial charge < -0.3 is 10.1 Å². The lowest BCUT2D eigenvalue weighted by atomic mass is 10.1. The predicted octanol–water partition coefficient (Wildman–Crippen LogP) is 1.40. The third kappa shape index (κ3) is 2.85. The van der Waals surface area contributed by atoms with Gasteiger partial charge >= 0.3 is 0 Å². The summed E-state index contributed by atoms with van der Waals surface area (Å²) in [6.45, 7) is 0. The van der Waals surface area contributed by atoms with E-state index in [1.54, 1.807) is 24.3 Å². The number of hydrogen-bond acceptors (Lipinski definition) is 4. The van der Waals surface area contributed by atoms with Crippen LogP contribution in [0.3, 0.4) is 0 Å². The van der Waals surface area contributed by atoms with Crippen LogP contribution in [0.4, 0.5) is 0 Å². The Bertz CT molecular complexity index is 695. The molecule has 0 aliphatic carbocycles. The smallest absolute Gasteiger partial charge is 0.259 e. The molecule has 0 spiro atoms. The number of sulfonamides is 1. The van der Waals surface area contributed by atoms with E-state index < -0.39 is 16.1 Å². The van der Waals surface area contributed by atoms with Gasteiger partial charge in [0.05, 0.1) is 6.20 Å². The number of H-pyrrole nitrogens is 1. The summed E-state index contributed by atoms with van der Waals surface area (Å²) in [5.41, 5.74) is 0.567. The van der Waals surface area contributed by atoms with E-state index in [1.807, 2.05) is 0 Å². The number of imidazole rings is 1. The number of benzene rings is 1. The molecule has 2 rings (SSSR count). The van der Waals surface area contributed by atoms with Crippen LogP contribution in [0.15, 0.2) is 35.5 Å². The third-order valence-corrected chi connectivity index (χ3v) is 4.75. The van der Waals surface area contributed by atoms with Gasteiger partial charge in [0.15, 0.2) is 5.03 Å². The minimum Gasteiger partial charge on any atom is -0.380 e. The van der Waals surface area contributed by atoms with E-state index in [9.17, 15) is 13.5 Å². The number of rotatable bonds is 4. The number of nitrogens with one attached hydrogen (secondary N) is 1. The SMILES string of the molecule is CN(C)S(=O)(=O)c1cnc(C(O)c2ccc(Cl)cc2)[nH]1. The first-order valence-corrected chi connectivity index (χ1v) is 7.55. The van der Waals surface area contributed by atoms with Crippen molar-refractivity contribution < 1.29 is 13.5 Å². The van der Waals surface area contributed by atoms with Gasteiger partial charge in [-0.15, -0.1) is 0 Å². The van der Waals surface area contributed by atoms with Crippen LogP contribution in [0.1, 0.15) is 17.5 Å². The molecule has 1 heterocycles. The highest BCUT2D eigenvalue weighted by Crippen LogP contribution is 2.22. The summed E-state index contributed by atoms with van der Waals surface area (Å²) in [6, 6.07) is 6.58. The van der Waals surface area contributed by atoms with Gasteiger partial charge in [-0.25, -0.2) is 17.7 Å². The minimum atomic E-state index is -3.60. The van der Waals surface area contributed by atoms with E-state index in [0.29, 0.717) is 10.6 Å².